The summed E-state index contributed by atoms with van der Waals surface area (Å²) in [7, 11) is 1.48. The second kappa shape index (κ2) is 32.7. The highest BCUT2D eigenvalue weighted by Crippen LogP contribution is 2.76. The first-order valence-corrected chi connectivity index (χ1v) is 38.0. The van der Waals surface area contributed by atoms with Gasteiger partial charge in [0.2, 0.25) is 6.29 Å². The highest BCUT2D eigenvalue weighted by Gasteiger charge is 2.74. The van der Waals surface area contributed by atoms with Crippen molar-refractivity contribution in [3.63, 3.8) is 0 Å². The van der Waals surface area contributed by atoms with E-state index in [1.807, 2.05) is 13.0 Å². The maximum absolute atomic E-state index is 16.4. The molecule has 622 valence electrons. The summed E-state index contributed by atoms with van der Waals surface area (Å²) in [6.45, 7) is 11.2. The fourth-order valence-corrected chi connectivity index (χ4v) is 20.4. The van der Waals surface area contributed by atoms with Crippen LogP contribution in [0.2, 0.25) is 0 Å². The van der Waals surface area contributed by atoms with Gasteiger partial charge in [0.05, 0.1) is 68.8 Å². The molecule has 0 spiro atoms. The van der Waals surface area contributed by atoms with Crippen LogP contribution in [0.4, 0.5) is 0 Å². The number of ether oxygens (including phenoxy) is 14. The van der Waals surface area contributed by atoms with Crippen molar-refractivity contribution in [3.8, 4) is 5.75 Å². The molecule has 10 fully saturated rings. The molecule has 35 heteroatoms. The Kier molecular flexibility index (Phi) is 25.3. The number of methoxy groups -OCH3 is 1. The minimum absolute atomic E-state index is 0.0281. The standard InChI is InChI=1S/C75H112O35/c1-30-44(81)48(85)53(90)63(99-30)107-59-58(105-43(80)17-12-33-10-13-34(97-9)14-11-33)32(3)101-67(60(59)108-64-56(93)51(88)57(31(2)100-64)106-62-52(89)47(84)40(28-98-62)104-65-54(91)49(86)45(82)38(26-76)102-65)110-69(96)74-21-20-70(4,5)24-36(74)35-15-16-41-71(6)25-37(79)61(109-66-55(92)50(87)46(83)39(27-77)103-66)73(8,68(94)95)42(71)18-19-72(41,7)75(35,29-78)23-22-74/h10-15,17,30-32,36-42,44-67,76-79,81-93H,16,18-29H2,1-9H3,(H,94,95)/b17-12-/t30-,31-,32+,36-,37-,38+,39+,40+,41+,42+,44-,45-,46+,47-,48+,49-,50-,51+,52+,53-,54+,55+,56+,57-,58-,59-,60-,61-,62-,63-,64-,65-,66-,67-,71+,72+,73-,74-,75-/m0/s1. The van der Waals surface area contributed by atoms with Crippen LogP contribution >= 0.6 is 0 Å². The zero-order chi connectivity index (χ0) is 80.1. The van der Waals surface area contributed by atoms with Gasteiger partial charge in [-0.15, -0.1) is 0 Å². The third kappa shape index (κ3) is 15.0. The summed E-state index contributed by atoms with van der Waals surface area (Å²) >= 11 is 0. The van der Waals surface area contributed by atoms with Gasteiger partial charge in [0, 0.05) is 11.5 Å². The molecule has 5 aliphatic carbocycles. The van der Waals surface area contributed by atoms with Gasteiger partial charge in [-0.1, -0.05) is 51.5 Å². The van der Waals surface area contributed by atoms with Crippen LogP contribution in [0.15, 0.2) is 42.0 Å². The van der Waals surface area contributed by atoms with E-state index in [9.17, 15) is 102 Å². The van der Waals surface area contributed by atoms with Crippen LogP contribution in [0.3, 0.4) is 0 Å². The summed E-state index contributed by atoms with van der Waals surface area (Å²) < 4.78 is 85.3. The average Bonchev–Trinajstić information content (AvgIpc) is 0.668. The fraction of sp³-hybridized carbons (Fsp3) is 0.827. The fourth-order valence-electron chi connectivity index (χ4n) is 20.4. The van der Waals surface area contributed by atoms with Crippen LogP contribution in [-0.2, 0) is 76.0 Å². The molecule has 110 heavy (non-hydrogen) atoms. The van der Waals surface area contributed by atoms with E-state index >= 15 is 4.79 Å². The number of allylic oxidation sites excluding steroid dienone is 1. The van der Waals surface area contributed by atoms with Gasteiger partial charge in [-0.05, 0) is 143 Å². The summed E-state index contributed by atoms with van der Waals surface area (Å²) in [6, 6.07) is 6.64. The van der Waals surface area contributed by atoms with Crippen molar-refractivity contribution >= 4 is 24.0 Å². The Balaban J connectivity index is 0.857. The van der Waals surface area contributed by atoms with Crippen molar-refractivity contribution in [2.75, 3.05) is 33.5 Å². The summed E-state index contributed by atoms with van der Waals surface area (Å²) in [4.78, 5) is 44.7. The molecule has 39 atom stereocenters. The molecule has 0 aromatic heterocycles. The van der Waals surface area contributed by atoms with Crippen molar-refractivity contribution in [1.29, 1.82) is 0 Å². The van der Waals surface area contributed by atoms with Crippen LogP contribution < -0.4 is 4.74 Å². The maximum atomic E-state index is 16.4. The van der Waals surface area contributed by atoms with E-state index in [0.717, 1.165) is 11.6 Å². The zero-order valence-electron chi connectivity index (χ0n) is 62.9. The van der Waals surface area contributed by atoms with Crippen LogP contribution in [0.5, 0.6) is 5.75 Å². The van der Waals surface area contributed by atoms with Crippen molar-refractivity contribution in [2.45, 2.75) is 304 Å². The van der Waals surface area contributed by atoms with Gasteiger partial charge in [-0.3, -0.25) is 9.59 Å². The number of aliphatic carboxylic acids is 1. The molecule has 1 aromatic rings. The third-order valence-corrected chi connectivity index (χ3v) is 26.9. The molecule has 35 nitrogen and oxygen atoms in total. The molecule has 0 unspecified atom stereocenters. The first kappa shape index (κ1) is 85.2. The summed E-state index contributed by atoms with van der Waals surface area (Å²) in [5.41, 5.74) is -5.40. The maximum Gasteiger partial charge on any atom is 0.331 e. The Morgan fingerprint density at radius 1 is 0.527 bits per heavy atom. The molecule has 0 amide bonds. The number of esters is 2. The number of hydrogen-bond acceptors (Lipinski definition) is 34. The number of fused-ring (bicyclic) bond motifs is 7. The van der Waals surface area contributed by atoms with E-state index in [4.69, 9.17) is 66.3 Å². The highest BCUT2D eigenvalue weighted by atomic mass is 16.8. The van der Waals surface area contributed by atoms with E-state index in [1.54, 1.807) is 24.3 Å². The summed E-state index contributed by atoms with van der Waals surface area (Å²) in [5, 5.41) is 200. The third-order valence-electron chi connectivity index (χ3n) is 26.9. The number of aliphatic hydroxyl groups excluding tert-OH is 17. The van der Waals surface area contributed by atoms with Gasteiger partial charge in [-0.25, -0.2) is 4.79 Å². The van der Waals surface area contributed by atoms with Crippen LogP contribution in [-0.4, -0.2) is 334 Å². The molecule has 11 aliphatic rings. The minimum atomic E-state index is -2.18. The summed E-state index contributed by atoms with van der Waals surface area (Å²) in [6.07, 6.45) is -47.6. The molecule has 6 heterocycles. The predicted octanol–water partition coefficient (Wildman–Crippen LogP) is -3.38. The topological polar surface area (TPSA) is 545 Å². The lowest BCUT2D eigenvalue weighted by Gasteiger charge is -2.71. The molecule has 4 saturated carbocycles. The molecule has 1 aromatic carbocycles. The van der Waals surface area contributed by atoms with E-state index in [2.05, 4.69) is 20.8 Å². The van der Waals surface area contributed by atoms with E-state index < -0.39 is 285 Å². The highest BCUT2D eigenvalue weighted by molar-refractivity contribution is 5.87. The normalized spacial score (nSPS) is 50.2. The Bertz CT molecular complexity index is 3420. The molecule has 18 N–H and O–H groups in total. The van der Waals surface area contributed by atoms with Gasteiger partial charge < -0.3 is 158 Å². The lowest BCUT2D eigenvalue weighted by atomic mass is 9.33. The Morgan fingerprint density at radius 2 is 1.06 bits per heavy atom. The van der Waals surface area contributed by atoms with Crippen LogP contribution in [0.1, 0.15) is 119 Å². The van der Waals surface area contributed by atoms with Gasteiger partial charge in [0.1, 0.15) is 122 Å². The monoisotopic (exact) mass is 1570 g/mol. The van der Waals surface area contributed by atoms with Crippen LogP contribution in [0, 0.1) is 50.2 Å². The van der Waals surface area contributed by atoms with Crippen LogP contribution in [0.25, 0.3) is 6.08 Å². The lowest BCUT2D eigenvalue weighted by Crippen LogP contribution is -2.71. The number of aliphatic hydroxyl groups is 17. The van der Waals surface area contributed by atoms with Crippen molar-refractivity contribution in [1.82, 2.24) is 0 Å². The SMILES string of the molecule is COc1ccc(/C=C\C(=O)O[C@@H]2[C@H](O[C@@H]3O[C@@H](C)[C@H](O)[C@@H](O)[C@@H]3O)[C@H](O[C@@H]3O[C@@H](C)[C@H](O[C@@H]4OC[C@@H](O[C@@H]5O[C@H](CO)[C@H](O)[C@H](O)[C@H]5O)[C@H](O)[C@H]4O)[C@H](O)[C@H]3O)[C@H](OC(=O)[C@]34CCC(C)(C)C[C@H]3C3=CC[C@@H]5[C@@]6(C)C[C@H](O)[C@H](O[C@@H]7O[C@H](CO)[C@@H](O)[C@H](O)[C@H]7O)[C@@](C)(C(=O)O)[C@@H]6CC[C@@]5(C)[C@]3(CO)CC4)O[C@@H]2C)cc1. The molecule has 6 aliphatic heterocycles. The summed E-state index contributed by atoms with van der Waals surface area (Å²) in [5.74, 6) is -4.46. The largest absolute Gasteiger partial charge is 0.497 e. The minimum Gasteiger partial charge on any atom is -0.497 e. The number of carboxylic acids is 1. The van der Waals surface area contributed by atoms with Gasteiger partial charge >= 0.3 is 17.9 Å². The van der Waals surface area contributed by atoms with E-state index in [-0.39, 0.29) is 38.5 Å². The van der Waals surface area contributed by atoms with Gasteiger partial charge in [0.15, 0.2) is 43.7 Å². The number of carbonyl (C=O) groups is 3. The predicted molar refractivity (Wildman–Crippen MR) is 368 cm³/mol. The average molecular weight is 1570 g/mol. The first-order valence-electron chi connectivity index (χ1n) is 38.0. The number of benzene rings is 1. The number of hydrogen-bond donors (Lipinski definition) is 18. The van der Waals surface area contributed by atoms with Gasteiger partial charge in [-0.2, -0.15) is 0 Å². The smallest absolute Gasteiger partial charge is 0.331 e. The number of carbonyl (C=O) groups excluding carboxylic acids is 2. The molecule has 6 saturated heterocycles. The molecular weight excluding hydrogens is 1460 g/mol. The Hall–Kier alpha value is -4.21. The Morgan fingerprint density at radius 3 is 1.66 bits per heavy atom. The van der Waals surface area contributed by atoms with E-state index in [0.29, 0.717) is 30.6 Å². The molecule has 0 radical (unpaired) electrons. The van der Waals surface area contributed by atoms with Crippen molar-refractivity contribution < 1.29 is 173 Å². The van der Waals surface area contributed by atoms with Gasteiger partial charge in [0.25, 0.3) is 0 Å². The van der Waals surface area contributed by atoms with Crippen molar-refractivity contribution in [3.05, 3.63) is 47.6 Å². The molecule has 0 bridgehead atoms. The molecular formula is C75H112O35. The second-order valence-electron chi connectivity index (χ2n) is 33.7. The van der Waals surface area contributed by atoms with Crippen molar-refractivity contribution in [2.24, 2.45) is 50.2 Å². The number of rotatable bonds is 20. The Labute approximate surface area is 635 Å². The zero-order valence-corrected chi connectivity index (χ0v) is 62.9. The van der Waals surface area contributed by atoms with E-state index in [1.165, 1.54) is 40.9 Å². The molecule has 12 rings (SSSR count). The first-order chi connectivity index (χ1) is 51.8. The quantitative estimate of drug-likeness (QED) is 0.0262. The number of carboxylic acid groups (broad SMARTS) is 1. The second-order valence-corrected chi connectivity index (χ2v) is 33.7. The lowest BCUT2D eigenvalue weighted by molar-refractivity contribution is -0.392.